The normalized spacial score (nSPS) is 13.2. The fraction of sp³-hybridized carbons (Fsp3) is 0.316. The number of rotatable bonds is 5. The Kier molecular flexibility index (Phi) is 5.21. The van der Waals surface area contributed by atoms with Crippen molar-refractivity contribution in [3.8, 4) is 0 Å². The summed E-state index contributed by atoms with van der Waals surface area (Å²) in [5.74, 6) is -1.99. The van der Waals surface area contributed by atoms with Gasteiger partial charge in [-0.3, -0.25) is 9.59 Å². The van der Waals surface area contributed by atoms with E-state index in [-0.39, 0.29) is 11.1 Å². The highest BCUT2D eigenvalue weighted by Gasteiger charge is 2.23. The molecule has 2 aromatic rings. The van der Waals surface area contributed by atoms with E-state index in [1.54, 1.807) is 31.2 Å². The van der Waals surface area contributed by atoms with Gasteiger partial charge >= 0.3 is 11.9 Å². The molecule has 1 N–H and O–H groups in total. The molecule has 0 spiro atoms. The third kappa shape index (κ3) is 4.21. The maximum absolute atomic E-state index is 14.8. The van der Waals surface area contributed by atoms with E-state index in [1.165, 1.54) is 32.9 Å². The molecular formula is C19H20FNO4. The predicted molar refractivity (Wildman–Crippen MR) is 92.3 cm³/mol. The second kappa shape index (κ2) is 7.01. The van der Waals surface area contributed by atoms with Gasteiger partial charge in [-0.1, -0.05) is 30.4 Å². The van der Waals surface area contributed by atoms with E-state index in [9.17, 15) is 14.0 Å². The highest BCUT2D eigenvalue weighted by atomic mass is 19.1. The second-order valence-electron chi connectivity index (χ2n) is 6.39. The smallest absolute Gasteiger partial charge is 0.312 e. The number of benzene rings is 1. The average molecular weight is 345 g/mol. The zero-order valence-electron chi connectivity index (χ0n) is 14.5. The first-order valence-electron chi connectivity index (χ1n) is 7.81. The Labute approximate surface area is 145 Å². The number of esters is 1. The highest BCUT2D eigenvalue weighted by Crippen LogP contribution is 2.26. The van der Waals surface area contributed by atoms with Gasteiger partial charge in [0.2, 0.25) is 0 Å². The predicted octanol–water partition coefficient (Wildman–Crippen LogP) is 4.12. The van der Waals surface area contributed by atoms with Crippen LogP contribution in [0.5, 0.6) is 0 Å². The molecule has 1 unspecified atom stereocenters. The molecule has 0 aliphatic carbocycles. The molecule has 0 bridgehead atoms. The topological polar surface area (TPSA) is 76.5 Å². The van der Waals surface area contributed by atoms with Crippen LogP contribution in [-0.4, -0.2) is 22.0 Å². The molecule has 1 aromatic carbocycles. The Morgan fingerprint density at radius 3 is 2.52 bits per heavy atom. The summed E-state index contributed by atoms with van der Waals surface area (Å²) in [7, 11) is 0. The number of pyridine rings is 1. The largest absolute Gasteiger partial charge is 0.481 e. The number of carboxylic acid groups (broad SMARTS) is 1. The van der Waals surface area contributed by atoms with Crippen LogP contribution in [0.3, 0.4) is 0 Å². The molecule has 0 saturated carbocycles. The van der Waals surface area contributed by atoms with Gasteiger partial charge in [-0.05, 0) is 26.8 Å². The zero-order valence-corrected chi connectivity index (χ0v) is 14.5. The van der Waals surface area contributed by atoms with Crippen LogP contribution in [0.15, 0.2) is 30.3 Å². The van der Waals surface area contributed by atoms with Crippen molar-refractivity contribution in [1.29, 1.82) is 0 Å². The summed E-state index contributed by atoms with van der Waals surface area (Å²) in [5.41, 5.74) is -0.285. The first-order valence-corrected chi connectivity index (χ1v) is 7.81. The van der Waals surface area contributed by atoms with Crippen molar-refractivity contribution < 1.29 is 23.8 Å². The van der Waals surface area contributed by atoms with Crippen LogP contribution < -0.4 is 0 Å². The lowest BCUT2D eigenvalue weighted by Gasteiger charge is -2.14. The number of hydrogen-bond donors (Lipinski definition) is 1. The van der Waals surface area contributed by atoms with Gasteiger partial charge in [0.1, 0.15) is 11.6 Å². The van der Waals surface area contributed by atoms with Gasteiger partial charge in [-0.25, -0.2) is 9.37 Å². The van der Waals surface area contributed by atoms with Crippen molar-refractivity contribution >= 4 is 28.9 Å². The maximum atomic E-state index is 14.8. The molecule has 2 rings (SSSR count). The Bertz CT molecular complexity index is 858. The van der Waals surface area contributed by atoms with Crippen molar-refractivity contribution in [2.24, 2.45) is 5.41 Å². The molecule has 25 heavy (non-hydrogen) atoms. The first-order chi connectivity index (χ1) is 11.6. The van der Waals surface area contributed by atoms with Crippen molar-refractivity contribution in [1.82, 2.24) is 4.98 Å². The molecule has 5 nitrogen and oxygen atoms in total. The monoisotopic (exact) mass is 345 g/mol. The molecule has 1 heterocycles. The third-order valence-electron chi connectivity index (χ3n) is 3.84. The van der Waals surface area contributed by atoms with Gasteiger partial charge in [0.15, 0.2) is 5.82 Å². The van der Waals surface area contributed by atoms with E-state index < -0.39 is 29.3 Å². The minimum absolute atomic E-state index is 0.145. The summed E-state index contributed by atoms with van der Waals surface area (Å²) >= 11 is 0. The molecule has 0 aliphatic rings. The number of hydrogen-bond acceptors (Lipinski definition) is 4. The molecule has 132 valence electrons. The van der Waals surface area contributed by atoms with Gasteiger partial charge in [0.25, 0.3) is 0 Å². The Hall–Kier alpha value is -2.76. The first kappa shape index (κ1) is 18.6. The molecule has 0 fully saturated rings. The Morgan fingerprint density at radius 2 is 1.92 bits per heavy atom. The lowest BCUT2D eigenvalue weighted by Crippen LogP contribution is -2.20. The van der Waals surface area contributed by atoms with Crippen LogP contribution in [0, 0.1) is 11.2 Å². The number of ether oxygens (including phenoxy) is 1. The highest BCUT2D eigenvalue weighted by molar-refractivity contribution is 5.83. The zero-order chi connectivity index (χ0) is 18.8. The summed E-state index contributed by atoms with van der Waals surface area (Å²) in [5, 5.41) is 9.73. The molecule has 0 aliphatic heterocycles. The number of carbonyl (C=O) groups excluding carboxylic acids is 1. The number of halogens is 1. The van der Waals surface area contributed by atoms with Crippen molar-refractivity contribution in [3.05, 3.63) is 47.4 Å². The number of carbonyl (C=O) groups is 2. The van der Waals surface area contributed by atoms with Crippen molar-refractivity contribution in [2.45, 2.75) is 33.8 Å². The van der Waals surface area contributed by atoms with Crippen molar-refractivity contribution in [2.75, 3.05) is 0 Å². The van der Waals surface area contributed by atoms with Gasteiger partial charge in [-0.15, -0.1) is 0 Å². The fourth-order valence-electron chi connectivity index (χ4n) is 2.22. The molecule has 0 saturated heterocycles. The van der Waals surface area contributed by atoms with E-state index in [0.29, 0.717) is 11.1 Å². The van der Waals surface area contributed by atoms with Gasteiger partial charge in [0, 0.05) is 17.9 Å². The van der Waals surface area contributed by atoms with Gasteiger partial charge in [-0.2, -0.15) is 0 Å². The molecule has 1 aromatic heterocycles. The van der Waals surface area contributed by atoms with E-state index in [2.05, 4.69) is 4.98 Å². The molecule has 6 heteroatoms. The summed E-state index contributed by atoms with van der Waals surface area (Å²) in [4.78, 5) is 26.5. The molecule has 0 amide bonds. The number of aliphatic carboxylic acids is 1. The van der Waals surface area contributed by atoms with Gasteiger partial charge < -0.3 is 9.84 Å². The van der Waals surface area contributed by atoms with E-state index >= 15 is 0 Å². The number of nitrogens with zero attached hydrogens (tertiary/aromatic N) is 1. The van der Waals surface area contributed by atoms with Crippen LogP contribution >= 0.6 is 0 Å². The summed E-state index contributed by atoms with van der Waals surface area (Å²) in [6.07, 6.45) is 2.28. The SMILES string of the molecule is CC(=O)OC(C)c1ccc2ccc(C=CC(C)(C)C(=O)O)c(F)c2n1. The molecular weight excluding hydrogens is 325 g/mol. The number of aromatic nitrogens is 1. The van der Waals surface area contributed by atoms with Crippen LogP contribution in [-0.2, 0) is 14.3 Å². The number of fused-ring (bicyclic) bond motifs is 1. The molecule has 1 atom stereocenters. The summed E-state index contributed by atoms with van der Waals surface area (Å²) < 4.78 is 19.9. The maximum Gasteiger partial charge on any atom is 0.312 e. The summed E-state index contributed by atoms with van der Waals surface area (Å²) in [6.45, 7) is 6.02. The minimum Gasteiger partial charge on any atom is -0.481 e. The van der Waals surface area contributed by atoms with Crippen LogP contribution in [0.25, 0.3) is 17.0 Å². The second-order valence-corrected chi connectivity index (χ2v) is 6.39. The molecule has 0 radical (unpaired) electrons. The lowest BCUT2D eigenvalue weighted by molar-refractivity contribution is -0.146. The fourth-order valence-corrected chi connectivity index (χ4v) is 2.22. The van der Waals surface area contributed by atoms with E-state index in [4.69, 9.17) is 9.84 Å². The van der Waals surface area contributed by atoms with Crippen molar-refractivity contribution in [3.63, 3.8) is 0 Å². The Balaban J connectivity index is 2.45. The lowest BCUT2D eigenvalue weighted by atomic mass is 9.92. The average Bonchev–Trinajstić information content (AvgIpc) is 2.53. The summed E-state index contributed by atoms with van der Waals surface area (Å²) in [6, 6.07) is 6.66. The quantitative estimate of drug-likeness (QED) is 0.825. The number of carboxylic acids is 1. The third-order valence-corrected chi connectivity index (χ3v) is 3.84. The van der Waals surface area contributed by atoms with Crippen LogP contribution in [0.1, 0.15) is 45.1 Å². The minimum atomic E-state index is -1.11. The Morgan fingerprint density at radius 1 is 1.28 bits per heavy atom. The van der Waals surface area contributed by atoms with Crippen LogP contribution in [0.4, 0.5) is 4.39 Å². The van der Waals surface area contributed by atoms with E-state index in [0.717, 1.165) is 0 Å². The van der Waals surface area contributed by atoms with Gasteiger partial charge in [0.05, 0.1) is 11.1 Å². The standard InChI is InChI=1S/C19H20FNO4/c1-11(25-12(2)22)15-8-7-14-6-5-13(16(20)17(14)21-15)9-10-19(3,4)18(23)24/h5-11H,1-4H3,(H,23,24). The van der Waals surface area contributed by atoms with Crippen LogP contribution in [0.2, 0.25) is 0 Å². The van der Waals surface area contributed by atoms with E-state index in [1.807, 2.05) is 0 Å².